The van der Waals surface area contributed by atoms with Gasteiger partial charge in [-0.15, -0.1) is 0 Å². The fourth-order valence-corrected chi connectivity index (χ4v) is 2.97. The first-order valence-electron chi connectivity index (χ1n) is 8.39. The lowest BCUT2D eigenvalue weighted by Gasteiger charge is -2.14. The molecule has 2 aromatic heterocycles. The first kappa shape index (κ1) is 17.2. The molecule has 1 saturated heterocycles. The Labute approximate surface area is 155 Å². The molecule has 0 unspecified atom stereocenters. The number of aromatic nitrogens is 3. The molecule has 3 aromatic rings. The third-order valence-corrected chi connectivity index (χ3v) is 4.26. The zero-order valence-electron chi connectivity index (χ0n) is 14.6. The van der Waals surface area contributed by atoms with E-state index in [0.717, 1.165) is 11.3 Å². The number of carbonyl (C=O) groups is 1. The molecule has 1 atom stereocenters. The summed E-state index contributed by atoms with van der Waals surface area (Å²) >= 11 is 0. The van der Waals surface area contributed by atoms with Crippen molar-refractivity contribution in [1.29, 1.82) is 0 Å². The smallest absolute Gasteiger partial charge is 0.414 e. The number of cyclic esters (lactones) is 1. The van der Waals surface area contributed by atoms with Gasteiger partial charge in [0.15, 0.2) is 5.82 Å². The second-order valence-corrected chi connectivity index (χ2v) is 6.10. The normalized spacial score (nSPS) is 16.6. The highest BCUT2D eigenvalue weighted by atomic mass is 19.1. The summed E-state index contributed by atoms with van der Waals surface area (Å²) in [6.45, 7) is 0.615. The maximum absolute atomic E-state index is 14.7. The standard InChI is InChI=1S/C19H17FN4O3/c1-26-12-15-11-23(19(25)27-15)14-5-6-18(16(20)8-14)24-10-13(9-22-24)17-4-2-3-7-21-17/h2-10,15H,11-12H2,1H3/t15-/m1/s1. The number of hydrogen-bond donors (Lipinski definition) is 0. The summed E-state index contributed by atoms with van der Waals surface area (Å²) in [6, 6.07) is 10.1. The predicted octanol–water partition coefficient (Wildman–Crippen LogP) is 3.05. The topological polar surface area (TPSA) is 69.5 Å². The largest absolute Gasteiger partial charge is 0.441 e. The Bertz CT molecular complexity index is 961. The van der Waals surface area contributed by atoms with Crippen LogP contribution < -0.4 is 4.90 Å². The Balaban J connectivity index is 1.58. The van der Waals surface area contributed by atoms with Crippen molar-refractivity contribution in [2.75, 3.05) is 25.2 Å². The molecule has 0 bridgehead atoms. The Hall–Kier alpha value is -3.26. The van der Waals surface area contributed by atoms with Gasteiger partial charge in [0.25, 0.3) is 0 Å². The van der Waals surface area contributed by atoms with E-state index in [-0.39, 0.29) is 11.8 Å². The molecule has 27 heavy (non-hydrogen) atoms. The molecule has 3 heterocycles. The van der Waals surface area contributed by atoms with E-state index < -0.39 is 11.9 Å². The summed E-state index contributed by atoms with van der Waals surface area (Å²) in [5.41, 5.74) is 2.24. The molecule has 0 spiro atoms. The van der Waals surface area contributed by atoms with Gasteiger partial charge in [-0.1, -0.05) is 6.07 Å². The zero-order chi connectivity index (χ0) is 18.8. The molecule has 1 amide bonds. The molecule has 4 rings (SSSR count). The van der Waals surface area contributed by atoms with Gasteiger partial charge >= 0.3 is 6.09 Å². The number of amides is 1. The lowest BCUT2D eigenvalue weighted by atomic mass is 10.2. The van der Waals surface area contributed by atoms with Crippen molar-refractivity contribution in [3.63, 3.8) is 0 Å². The van der Waals surface area contributed by atoms with Crippen molar-refractivity contribution >= 4 is 11.8 Å². The summed E-state index contributed by atoms with van der Waals surface area (Å²) in [5.74, 6) is -0.494. The number of hydrogen-bond acceptors (Lipinski definition) is 5. The predicted molar refractivity (Wildman–Crippen MR) is 96.2 cm³/mol. The molecule has 0 N–H and O–H groups in total. The number of benzene rings is 1. The number of methoxy groups -OCH3 is 1. The Morgan fingerprint density at radius 2 is 2.22 bits per heavy atom. The van der Waals surface area contributed by atoms with Gasteiger partial charge < -0.3 is 9.47 Å². The van der Waals surface area contributed by atoms with Crippen LogP contribution in [-0.4, -0.2) is 47.2 Å². The third-order valence-electron chi connectivity index (χ3n) is 4.26. The lowest BCUT2D eigenvalue weighted by Crippen LogP contribution is -2.25. The molecule has 1 aliphatic heterocycles. The van der Waals surface area contributed by atoms with Crippen molar-refractivity contribution < 1.29 is 18.7 Å². The minimum atomic E-state index is -0.513. The second-order valence-electron chi connectivity index (χ2n) is 6.10. The van der Waals surface area contributed by atoms with Gasteiger partial charge in [-0.2, -0.15) is 5.10 Å². The summed E-state index contributed by atoms with van der Waals surface area (Å²) in [4.78, 5) is 17.6. The van der Waals surface area contributed by atoms with E-state index in [1.54, 1.807) is 30.7 Å². The van der Waals surface area contributed by atoms with E-state index in [0.29, 0.717) is 18.8 Å². The summed E-state index contributed by atoms with van der Waals surface area (Å²) in [7, 11) is 1.54. The van der Waals surface area contributed by atoms with Gasteiger partial charge in [-0.05, 0) is 30.3 Å². The van der Waals surface area contributed by atoms with Crippen molar-refractivity contribution in [1.82, 2.24) is 14.8 Å². The van der Waals surface area contributed by atoms with Crippen LogP contribution in [0.5, 0.6) is 0 Å². The number of nitrogens with zero attached hydrogens (tertiary/aromatic N) is 4. The van der Waals surface area contributed by atoms with Crippen LogP contribution in [0.25, 0.3) is 16.9 Å². The fourth-order valence-electron chi connectivity index (χ4n) is 2.97. The van der Waals surface area contributed by atoms with Gasteiger partial charge in [-0.3, -0.25) is 9.88 Å². The van der Waals surface area contributed by atoms with E-state index in [1.165, 1.54) is 22.8 Å². The van der Waals surface area contributed by atoms with Crippen LogP contribution in [0, 0.1) is 5.82 Å². The number of halogens is 1. The third kappa shape index (κ3) is 3.39. The Morgan fingerprint density at radius 1 is 1.33 bits per heavy atom. The molecule has 8 heteroatoms. The van der Waals surface area contributed by atoms with E-state index in [4.69, 9.17) is 9.47 Å². The quantitative estimate of drug-likeness (QED) is 0.692. The Morgan fingerprint density at radius 3 is 2.96 bits per heavy atom. The average Bonchev–Trinajstić information content (AvgIpc) is 3.30. The molecular formula is C19H17FN4O3. The molecule has 0 radical (unpaired) electrons. The maximum atomic E-state index is 14.7. The van der Waals surface area contributed by atoms with Crippen molar-refractivity contribution in [3.05, 3.63) is 60.8 Å². The number of ether oxygens (including phenoxy) is 2. The van der Waals surface area contributed by atoms with Crippen LogP contribution in [0.1, 0.15) is 0 Å². The molecule has 7 nitrogen and oxygen atoms in total. The molecule has 1 fully saturated rings. The van der Waals surface area contributed by atoms with Gasteiger partial charge in [0.2, 0.25) is 0 Å². The van der Waals surface area contributed by atoms with E-state index in [1.807, 2.05) is 18.2 Å². The van der Waals surface area contributed by atoms with Crippen LogP contribution in [0.15, 0.2) is 55.0 Å². The highest BCUT2D eigenvalue weighted by Crippen LogP contribution is 2.26. The van der Waals surface area contributed by atoms with Crippen molar-refractivity contribution in [3.8, 4) is 16.9 Å². The minimum Gasteiger partial charge on any atom is -0.441 e. The van der Waals surface area contributed by atoms with Gasteiger partial charge in [0.1, 0.15) is 11.8 Å². The summed E-state index contributed by atoms with van der Waals surface area (Å²) in [5, 5.41) is 4.22. The fraction of sp³-hybridized carbons (Fsp3) is 0.211. The second kappa shape index (κ2) is 7.16. The van der Waals surface area contributed by atoms with Gasteiger partial charge in [-0.25, -0.2) is 13.9 Å². The van der Waals surface area contributed by atoms with Crippen molar-refractivity contribution in [2.24, 2.45) is 0 Å². The summed E-state index contributed by atoms with van der Waals surface area (Å²) < 4.78 is 26.3. The zero-order valence-corrected chi connectivity index (χ0v) is 14.6. The SMILES string of the molecule is COC[C@H]1CN(c2ccc(-n3cc(-c4ccccn4)cn3)c(F)c2)C(=O)O1. The summed E-state index contributed by atoms with van der Waals surface area (Å²) in [6.07, 6.45) is 4.15. The molecule has 0 saturated carbocycles. The Kier molecular flexibility index (Phi) is 4.55. The monoisotopic (exact) mass is 368 g/mol. The van der Waals surface area contributed by atoms with E-state index in [9.17, 15) is 9.18 Å². The highest BCUT2D eigenvalue weighted by Gasteiger charge is 2.32. The van der Waals surface area contributed by atoms with E-state index >= 15 is 0 Å². The van der Waals surface area contributed by atoms with E-state index in [2.05, 4.69) is 10.1 Å². The molecule has 1 aromatic carbocycles. The molecule has 1 aliphatic rings. The maximum Gasteiger partial charge on any atom is 0.414 e. The first-order valence-corrected chi connectivity index (χ1v) is 8.39. The van der Waals surface area contributed by atoms with Gasteiger partial charge in [0, 0.05) is 25.1 Å². The average molecular weight is 368 g/mol. The highest BCUT2D eigenvalue weighted by molar-refractivity contribution is 5.89. The number of pyridine rings is 1. The van der Waals surface area contributed by atoms with Crippen molar-refractivity contribution in [2.45, 2.75) is 6.10 Å². The first-order chi connectivity index (χ1) is 13.2. The minimum absolute atomic E-state index is 0.280. The molecule has 0 aliphatic carbocycles. The number of rotatable bonds is 5. The number of anilines is 1. The lowest BCUT2D eigenvalue weighted by molar-refractivity contribution is 0.0718. The van der Waals surface area contributed by atoms with Crippen LogP contribution in [-0.2, 0) is 9.47 Å². The molecule has 138 valence electrons. The molecular weight excluding hydrogens is 351 g/mol. The van der Waals surface area contributed by atoms with Crippen LogP contribution in [0.4, 0.5) is 14.9 Å². The number of carbonyl (C=O) groups excluding carboxylic acids is 1. The van der Waals surface area contributed by atoms with Crippen LogP contribution in [0.2, 0.25) is 0 Å². The van der Waals surface area contributed by atoms with Gasteiger partial charge in [0.05, 0.1) is 30.7 Å². The van der Waals surface area contributed by atoms with Crippen LogP contribution >= 0.6 is 0 Å². The van der Waals surface area contributed by atoms with Crippen LogP contribution in [0.3, 0.4) is 0 Å².